The van der Waals surface area contributed by atoms with E-state index >= 15 is 0 Å². The summed E-state index contributed by atoms with van der Waals surface area (Å²) in [5, 5.41) is 34.3. The Bertz CT molecular complexity index is 3390. The molecule has 6 heterocycles. The van der Waals surface area contributed by atoms with Crippen molar-refractivity contribution in [2.75, 3.05) is 42.5 Å². The van der Waals surface area contributed by atoms with Crippen LogP contribution in [0.3, 0.4) is 0 Å². The van der Waals surface area contributed by atoms with Crippen molar-refractivity contribution in [2.24, 2.45) is 0 Å². The van der Waals surface area contributed by atoms with E-state index in [0.717, 1.165) is 6.33 Å². The predicted molar refractivity (Wildman–Crippen MR) is 246 cm³/mol. The number of nitrogens with zero attached hydrogens (tertiary/aromatic N) is 8. The summed E-state index contributed by atoms with van der Waals surface area (Å²) in [5.41, 5.74) is 18.2. The fourth-order valence-corrected chi connectivity index (χ4v) is 9.30. The molecular formula is C40H39ClN14O14S2. The third kappa shape index (κ3) is 9.55. The van der Waals surface area contributed by atoms with Crippen LogP contribution in [0.5, 0.6) is 0 Å². The van der Waals surface area contributed by atoms with E-state index in [4.69, 9.17) is 51.5 Å². The van der Waals surface area contributed by atoms with E-state index in [1.807, 2.05) is 0 Å². The van der Waals surface area contributed by atoms with E-state index < -0.39 is 94.7 Å². The van der Waals surface area contributed by atoms with Crippen molar-refractivity contribution in [1.82, 2.24) is 48.5 Å². The minimum absolute atomic E-state index is 0.00600. The molecule has 9 rings (SSSR count). The Morgan fingerprint density at radius 1 is 0.775 bits per heavy atom. The van der Waals surface area contributed by atoms with Crippen molar-refractivity contribution in [1.29, 1.82) is 0 Å². The Morgan fingerprint density at radius 3 is 2.18 bits per heavy atom. The van der Waals surface area contributed by atoms with Gasteiger partial charge >= 0.3 is 20.6 Å². The standard InChI is InChI=1S/C40H39ClN14O14S2/c41-21-10-6-12-23(43)26(21)38(60)53-71(63,64)67-14-25-31(58)40(15-65-25,55-18-48-27-32(44)45-16-46-35(27)55)69-51-34-28-36(50-33(49-34)19-7-2-1-3-8-19)54(17-47-28)39-30(57)29(56)24(68-39)13-66-70(61,62)52-37(59)20-9-4-5-11-22(20)42/h1-12,16-18,24-25,29-31,39,56-58H,13-15,42-43H2,(H,52,59)(H,53,60)(H2,44,45,46)(H,49,50,51)/t24-,25-,29-,30-,31-,39-,40-/m1/s1. The van der Waals surface area contributed by atoms with Gasteiger partial charge in [-0.25, -0.2) is 49.7 Å². The Kier molecular flexibility index (Phi) is 13.2. The lowest BCUT2D eigenvalue weighted by molar-refractivity contribution is -0.137. The quantitative estimate of drug-likeness (QED) is 0.0435. The van der Waals surface area contributed by atoms with Gasteiger partial charge in [-0.3, -0.25) is 27.1 Å². The number of carbonyl (C=O) groups excluding carboxylic acids is 2. The van der Waals surface area contributed by atoms with E-state index in [0.29, 0.717) is 5.56 Å². The average molecular weight is 1040 g/mol. The van der Waals surface area contributed by atoms with Crippen molar-refractivity contribution in [3.8, 4) is 11.4 Å². The van der Waals surface area contributed by atoms with Gasteiger partial charge < -0.3 is 42.0 Å². The number of ether oxygens (including phenoxy) is 2. The minimum atomic E-state index is -4.90. The molecule has 31 heteroatoms. The van der Waals surface area contributed by atoms with Crippen LogP contribution in [0.1, 0.15) is 26.9 Å². The van der Waals surface area contributed by atoms with Crippen LogP contribution in [0.2, 0.25) is 5.02 Å². The van der Waals surface area contributed by atoms with Gasteiger partial charge in [0.15, 0.2) is 40.5 Å². The number of nitrogens with two attached hydrogens (primary N) is 3. The van der Waals surface area contributed by atoms with Crippen LogP contribution in [-0.2, 0) is 49.0 Å². The number of hydrogen-bond acceptors (Lipinski definition) is 24. The fourth-order valence-electron chi connectivity index (χ4n) is 7.63. The molecule has 2 aliphatic rings. The normalized spacial score (nSPS) is 22.5. The first-order chi connectivity index (χ1) is 33.9. The van der Waals surface area contributed by atoms with Crippen LogP contribution in [0.4, 0.5) is 23.0 Å². The highest BCUT2D eigenvalue weighted by molar-refractivity contribution is 7.85. The summed E-state index contributed by atoms with van der Waals surface area (Å²) >= 11 is 6.08. The zero-order valence-electron chi connectivity index (χ0n) is 36.1. The molecule has 0 spiro atoms. The molecular weight excluding hydrogens is 1000 g/mol. The maximum atomic E-state index is 13.0. The summed E-state index contributed by atoms with van der Waals surface area (Å²) in [6.07, 6.45) is -6.31. The van der Waals surface area contributed by atoms with Gasteiger partial charge in [0.25, 0.3) is 11.8 Å². The van der Waals surface area contributed by atoms with E-state index in [1.165, 1.54) is 58.2 Å². The SMILES string of the molecule is Nc1ccccc1C(=O)NS(=O)(=O)OC[C@H]1O[C@@H](n2cnc3c(NO[C@]4(n5cnc6c(N)ncnc65)CO[C@H](COS(=O)(=O)NC(=O)c5c(N)cccc5Cl)[C@H]4O)nc(-c4ccccc4)nc32)[C@H](O)[C@@H]1O. The molecule has 0 aliphatic carbocycles. The predicted octanol–water partition coefficient (Wildman–Crippen LogP) is -0.509. The zero-order valence-corrected chi connectivity index (χ0v) is 38.5. The molecule has 28 nitrogen and oxygen atoms in total. The van der Waals surface area contributed by atoms with Crippen LogP contribution in [-0.4, -0.2) is 133 Å². The molecule has 7 atom stereocenters. The zero-order chi connectivity index (χ0) is 50.4. The lowest BCUT2D eigenvalue weighted by Crippen LogP contribution is -2.50. The molecule has 2 saturated heterocycles. The highest BCUT2D eigenvalue weighted by Crippen LogP contribution is 2.39. The maximum Gasteiger partial charge on any atom is 0.362 e. The number of rotatable bonds is 16. The Labute approximate surface area is 405 Å². The van der Waals surface area contributed by atoms with Gasteiger partial charge in [-0.2, -0.15) is 16.8 Å². The van der Waals surface area contributed by atoms with Gasteiger partial charge in [0.05, 0.1) is 42.0 Å². The summed E-state index contributed by atoms with van der Waals surface area (Å²) in [6, 6.07) is 18.4. The third-order valence-corrected chi connectivity index (χ3v) is 13.2. The molecule has 71 heavy (non-hydrogen) atoms. The molecule has 0 unspecified atom stereocenters. The molecule has 2 amide bonds. The summed E-state index contributed by atoms with van der Waals surface area (Å²) in [5.74, 6) is -2.44. The number of aliphatic hydroxyl groups excluding tert-OH is 3. The molecule has 372 valence electrons. The van der Waals surface area contributed by atoms with Crippen LogP contribution in [0.25, 0.3) is 33.7 Å². The molecule has 12 N–H and O–H groups in total. The molecule has 3 aromatic carbocycles. The third-order valence-electron chi connectivity index (χ3n) is 11.2. The summed E-state index contributed by atoms with van der Waals surface area (Å²) in [6.45, 7) is -2.32. The van der Waals surface area contributed by atoms with Gasteiger partial charge in [0.1, 0.15) is 49.0 Å². The molecule has 2 fully saturated rings. The first kappa shape index (κ1) is 48.8. The number of aliphatic hydroxyl groups is 3. The number of anilines is 4. The van der Waals surface area contributed by atoms with Gasteiger partial charge in [0, 0.05) is 16.9 Å². The number of imidazole rings is 2. The number of carbonyl (C=O) groups is 2. The van der Waals surface area contributed by atoms with Gasteiger partial charge in [-0.15, -0.1) is 0 Å². The second kappa shape index (κ2) is 19.2. The second-order valence-electron chi connectivity index (χ2n) is 15.7. The number of aromatic nitrogens is 8. The van der Waals surface area contributed by atoms with E-state index in [2.05, 4.69) is 35.4 Å². The number of nitrogen functional groups attached to an aromatic ring is 3. The van der Waals surface area contributed by atoms with Crippen LogP contribution < -0.4 is 32.1 Å². The Morgan fingerprint density at radius 2 is 1.45 bits per heavy atom. The number of halogens is 1. The topological polar surface area (TPSA) is 411 Å². The maximum absolute atomic E-state index is 13.0. The van der Waals surface area contributed by atoms with Gasteiger partial charge in [-0.05, 0) is 24.3 Å². The van der Waals surface area contributed by atoms with Crippen LogP contribution >= 0.6 is 11.6 Å². The Hall–Kier alpha value is -7.23. The largest absolute Gasteiger partial charge is 0.398 e. The van der Waals surface area contributed by atoms with Crippen LogP contribution in [0.15, 0.2) is 91.8 Å². The number of fused-ring (bicyclic) bond motifs is 2. The molecule has 0 radical (unpaired) electrons. The van der Waals surface area contributed by atoms with Crippen molar-refractivity contribution >= 4 is 89.4 Å². The van der Waals surface area contributed by atoms with Crippen LogP contribution in [0, 0.1) is 0 Å². The lowest BCUT2D eigenvalue weighted by atomic mass is 10.1. The number of hydrogen-bond donors (Lipinski definition) is 9. The molecule has 2 aliphatic heterocycles. The highest BCUT2D eigenvalue weighted by atomic mass is 35.5. The summed E-state index contributed by atoms with van der Waals surface area (Å²) in [4.78, 5) is 58.1. The summed E-state index contributed by atoms with van der Waals surface area (Å²) in [7, 11) is -9.70. The second-order valence-corrected chi connectivity index (χ2v) is 18.8. The van der Waals surface area contributed by atoms with Gasteiger partial charge in [-0.1, -0.05) is 60.1 Å². The highest BCUT2D eigenvalue weighted by Gasteiger charge is 2.55. The molecule has 0 saturated carbocycles. The van der Waals surface area contributed by atoms with Crippen molar-refractivity contribution < 1.29 is 64.4 Å². The number of para-hydroxylation sites is 1. The number of nitrogens with one attached hydrogen (secondary N) is 3. The van der Waals surface area contributed by atoms with E-state index in [-0.39, 0.29) is 67.3 Å². The monoisotopic (exact) mass is 1040 g/mol. The van der Waals surface area contributed by atoms with E-state index in [9.17, 15) is 41.7 Å². The Balaban J connectivity index is 0.992. The fraction of sp³-hybridized carbons (Fsp3) is 0.250. The first-order valence-electron chi connectivity index (χ1n) is 20.7. The molecule has 7 aromatic rings. The van der Waals surface area contributed by atoms with Crippen molar-refractivity contribution in [3.05, 3.63) is 108 Å². The van der Waals surface area contributed by atoms with Crippen molar-refractivity contribution in [3.63, 3.8) is 0 Å². The minimum Gasteiger partial charge on any atom is -0.398 e. The molecule has 0 bridgehead atoms. The number of amides is 2. The number of benzene rings is 3. The average Bonchev–Trinajstić information content (AvgIpc) is 4.11. The first-order valence-corrected chi connectivity index (χ1v) is 23.9. The van der Waals surface area contributed by atoms with E-state index in [1.54, 1.807) is 45.8 Å². The van der Waals surface area contributed by atoms with Crippen molar-refractivity contribution in [2.45, 2.75) is 42.5 Å². The summed E-state index contributed by atoms with van der Waals surface area (Å²) < 4.78 is 79.4. The molecule has 4 aromatic heterocycles. The smallest absolute Gasteiger partial charge is 0.362 e. The van der Waals surface area contributed by atoms with Gasteiger partial charge in [0.2, 0.25) is 5.72 Å². The lowest BCUT2D eigenvalue weighted by Gasteiger charge is -2.32.